The van der Waals surface area contributed by atoms with E-state index in [-0.39, 0.29) is 0 Å². The molecule has 0 aromatic carbocycles. The van der Waals surface area contributed by atoms with Gasteiger partial charge in [-0.1, -0.05) is 34.6 Å². The lowest BCUT2D eigenvalue weighted by Crippen LogP contribution is -2.02. The number of hydrogen-bond acceptors (Lipinski definition) is 2. The van der Waals surface area contributed by atoms with Crippen molar-refractivity contribution in [2.75, 3.05) is 5.75 Å². The van der Waals surface area contributed by atoms with Crippen LogP contribution in [0.25, 0.3) is 0 Å². The zero-order chi connectivity index (χ0) is 9.98. The Hall–Kier alpha value is 0.0200. The van der Waals surface area contributed by atoms with Gasteiger partial charge in [0.15, 0.2) is 0 Å². The fourth-order valence-corrected chi connectivity index (χ4v) is 1.65. The van der Waals surface area contributed by atoms with Gasteiger partial charge >= 0.3 is 0 Å². The summed E-state index contributed by atoms with van der Waals surface area (Å²) < 4.78 is 0. The molecule has 0 amide bonds. The first-order valence-corrected chi connectivity index (χ1v) is 5.82. The standard InChI is InChI=1S/C8H17NS.C2H6/c1-7(2)4-8(3)5-10-6-9;1-2/h6-9H,4-5H2,1-3H3;1-2H3. The summed E-state index contributed by atoms with van der Waals surface area (Å²) in [5.74, 6) is 2.65. The molecule has 0 fully saturated rings. The van der Waals surface area contributed by atoms with Crippen molar-refractivity contribution >= 4 is 17.3 Å². The van der Waals surface area contributed by atoms with E-state index in [9.17, 15) is 0 Å². The third kappa shape index (κ3) is 12.7. The zero-order valence-corrected chi connectivity index (χ0v) is 9.87. The minimum absolute atomic E-state index is 0.756. The number of nitrogens with one attached hydrogen (secondary N) is 1. The van der Waals surface area contributed by atoms with Gasteiger partial charge in [0.05, 0.1) is 5.55 Å². The van der Waals surface area contributed by atoms with Crippen LogP contribution in [0.1, 0.15) is 41.0 Å². The summed E-state index contributed by atoms with van der Waals surface area (Å²) in [4.78, 5) is 0. The summed E-state index contributed by atoms with van der Waals surface area (Å²) >= 11 is 1.60. The molecule has 0 radical (unpaired) electrons. The normalized spacial score (nSPS) is 11.8. The largest absolute Gasteiger partial charge is 0.302 e. The van der Waals surface area contributed by atoms with Gasteiger partial charge in [0.1, 0.15) is 0 Å². The molecule has 1 atom stereocenters. The zero-order valence-electron chi connectivity index (χ0n) is 9.05. The molecule has 0 aliphatic heterocycles. The van der Waals surface area contributed by atoms with E-state index in [0.29, 0.717) is 0 Å². The molecule has 0 spiro atoms. The molecule has 0 rings (SSSR count). The summed E-state index contributed by atoms with van der Waals surface area (Å²) in [6.07, 6.45) is 1.28. The van der Waals surface area contributed by atoms with E-state index in [1.807, 2.05) is 13.8 Å². The molecule has 0 aliphatic rings. The fourth-order valence-electron chi connectivity index (χ4n) is 1.09. The van der Waals surface area contributed by atoms with Crippen LogP contribution in [0.15, 0.2) is 0 Å². The summed E-state index contributed by atoms with van der Waals surface area (Å²) in [7, 11) is 0. The van der Waals surface area contributed by atoms with Crippen LogP contribution in [0.3, 0.4) is 0 Å². The van der Waals surface area contributed by atoms with E-state index in [4.69, 9.17) is 5.41 Å². The molecule has 0 saturated heterocycles. The quantitative estimate of drug-likeness (QED) is 0.512. The van der Waals surface area contributed by atoms with Crippen LogP contribution in [0.2, 0.25) is 0 Å². The molecule has 1 unspecified atom stereocenters. The van der Waals surface area contributed by atoms with Crippen molar-refractivity contribution in [2.45, 2.75) is 41.0 Å². The minimum atomic E-state index is 0.756. The molecule has 2 heteroatoms. The van der Waals surface area contributed by atoms with Gasteiger partial charge in [-0.2, -0.15) is 0 Å². The second-order valence-corrected chi connectivity index (χ2v) is 4.09. The van der Waals surface area contributed by atoms with Crippen LogP contribution in [0, 0.1) is 17.2 Å². The molecule has 0 aliphatic carbocycles. The topological polar surface area (TPSA) is 23.9 Å². The second-order valence-electron chi connectivity index (χ2n) is 3.19. The molecule has 0 heterocycles. The highest BCUT2D eigenvalue weighted by molar-refractivity contribution is 8.11. The van der Waals surface area contributed by atoms with Crippen LogP contribution < -0.4 is 0 Å². The fraction of sp³-hybridized carbons (Fsp3) is 0.900. The van der Waals surface area contributed by atoms with Crippen LogP contribution in [-0.2, 0) is 0 Å². The van der Waals surface area contributed by atoms with E-state index in [1.54, 1.807) is 11.8 Å². The van der Waals surface area contributed by atoms with Crippen LogP contribution in [-0.4, -0.2) is 11.3 Å². The molecular weight excluding hydrogens is 166 g/mol. The average molecular weight is 189 g/mol. The Morgan fingerprint density at radius 1 is 1.25 bits per heavy atom. The van der Waals surface area contributed by atoms with Crippen molar-refractivity contribution in [3.8, 4) is 0 Å². The van der Waals surface area contributed by atoms with Crippen molar-refractivity contribution in [2.24, 2.45) is 11.8 Å². The minimum Gasteiger partial charge on any atom is -0.302 e. The van der Waals surface area contributed by atoms with E-state index in [1.165, 1.54) is 12.0 Å². The highest BCUT2D eigenvalue weighted by atomic mass is 32.2. The molecule has 74 valence electrons. The third-order valence-electron chi connectivity index (χ3n) is 1.34. The Kier molecular flexibility index (Phi) is 13.4. The van der Waals surface area contributed by atoms with Crippen molar-refractivity contribution < 1.29 is 0 Å². The lowest BCUT2D eigenvalue weighted by Gasteiger charge is -2.11. The molecule has 0 aromatic rings. The molecule has 12 heavy (non-hydrogen) atoms. The molecule has 0 aromatic heterocycles. The van der Waals surface area contributed by atoms with Crippen molar-refractivity contribution in [3.05, 3.63) is 0 Å². The van der Waals surface area contributed by atoms with Crippen molar-refractivity contribution in [1.82, 2.24) is 0 Å². The van der Waals surface area contributed by atoms with E-state index in [2.05, 4.69) is 20.8 Å². The molecule has 0 bridgehead atoms. The van der Waals surface area contributed by atoms with Gasteiger partial charge in [-0.05, 0) is 18.3 Å². The van der Waals surface area contributed by atoms with Gasteiger partial charge in [0, 0.05) is 5.75 Å². The highest BCUT2D eigenvalue weighted by Crippen LogP contribution is 2.14. The number of hydrogen-bond donors (Lipinski definition) is 1. The monoisotopic (exact) mass is 189 g/mol. The Morgan fingerprint density at radius 2 is 1.75 bits per heavy atom. The first-order chi connectivity index (χ1) is 5.66. The highest BCUT2D eigenvalue weighted by Gasteiger charge is 2.03. The second kappa shape index (κ2) is 11.0. The van der Waals surface area contributed by atoms with Crippen LogP contribution in [0.4, 0.5) is 0 Å². The summed E-state index contributed by atoms with van der Waals surface area (Å²) in [6.45, 7) is 10.7. The molecule has 0 saturated carbocycles. The lowest BCUT2D eigenvalue weighted by molar-refractivity contribution is 0.475. The Morgan fingerprint density at radius 3 is 2.08 bits per heavy atom. The third-order valence-corrected chi connectivity index (χ3v) is 2.27. The first kappa shape index (κ1) is 14.5. The van der Waals surface area contributed by atoms with Crippen LogP contribution in [0.5, 0.6) is 0 Å². The molecule has 1 nitrogen and oxygen atoms in total. The SMILES string of the molecule is CC.CC(C)CC(C)CSC=N. The predicted octanol–water partition coefficient (Wildman–Crippen LogP) is 4.04. The Bertz CT molecular complexity index is 91.8. The van der Waals surface area contributed by atoms with Gasteiger partial charge in [-0.25, -0.2) is 0 Å². The predicted molar refractivity (Wildman–Crippen MR) is 61.2 cm³/mol. The van der Waals surface area contributed by atoms with Gasteiger partial charge in [-0.3, -0.25) is 0 Å². The van der Waals surface area contributed by atoms with Gasteiger partial charge in [0.25, 0.3) is 0 Å². The maximum Gasteiger partial charge on any atom is 0.0506 e. The van der Waals surface area contributed by atoms with Gasteiger partial charge in [0.2, 0.25) is 0 Å². The van der Waals surface area contributed by atoms with Crippen molar-refractivity contribution in [1.29, 1.82) is 5.41 Å². The van der Waals surface area contributed by atoms with E-state index < -0.39 is 0 Å². The Balaban J connectivity index is 0. The van der Waals surface area contributed by atoms with E-state index >= 15 is 0 Å². The smallest absolute Gasteiger partial charge is 0.0506 e. The Labute approximate surface area is 81.8 Å². The van der Waals surface area contributed by atoms with Crippen molar-refractivity contribution in [3.63, 3.8) is 0 Å². The summed E-state index contributed by atoms with van der Waals surface area (Å²) in [5, 5.41) is 6.82. The van der Waals surface area contributed by atoms with E-state index in [0.717, 1.165) is 17.6 Å². The number of thioether (sulfide) groups is 1. The summed E-state index contributed by atoms with van der Waals surface area (Å²) in [5.41, 5.74) is 1.43. The lowest BCUT2D eigenvalue weighted by atomic mass is 10.0. The molecule has 1 N–H and O–H groups in total. The maximum atomic E-state index is 6.82. The first-order valence-electron chi connectivity index (χ1n) is 4.77. The molecular formula is C10H23NS. The average Bonchev–Trinajstić information content (AvgIpc) is 2.03. The van der Waals surface area contributed by atoms with Gasteiger partial charge in [-0.15, -0.1) is 11.8 Å². The van der Waals surface area contributed by atoms with Crippen LogP contribution >= 0.6 is 11.8 Å². The summed E-state index contributed by atoms with van der Waals surface area (Å²) in [6, 6.07) is 0. The number of rotatable bonds is 5. The maximum absolute atomic E-state index is 6.82. The van der Waals surface area contributed by atoms with Gasteiger partial charge < -0.3 is 5.41 Å².